The van der Waals surface area contributed by atoms with Crippen LogP contribution in [0.2, 0.25) is 0 Å². The molecule has 1 aromatic rings. The molecule has 84 valence electrons. The maximum atomic E-state index is 11.4. The van der Waals surface area contributed by atoms with Gasteiger partial charge in [-0.1, -0.05) is 0 Å². The van der Waals surface area contributed by atoms with Gasteiger partial charge >= 0.3 is 6.09 Å². The topological polar surface area (TPSA) is 38.3 Å². The van der Waals surface area contributed by atoms with E-state index in [4.69, 9.17) is 4.74 Å². The summed E-state index contributed by atoms with van der Waals surface area (Å²) in [6, 6.07) is 1.98. The van der Waals surface area contributed by atoms with Crippen molar-refractivity contribution in [1.29, 1.82) is 0 Å². The molecule has 1 rings (SSSR count). The predicted octanol–water partition coefficient (Wildman–Crippen LogP) is 3.33. The highest BCUT2D eigenvalue weighted by Gasteiger charge is 2.18. The Hall–Kier alpha value is -1.03. The van der Waals surface area contributed by atoms with E-state index in [2.05, 4.69) is 5.32 Å². The number of carbonyl (C=O) groups excluding carboxylic acids is 1. The lowest BCUT2D eigenvalue weighted by Crippen LogP contribution is -2.33. The molecular formula is C11H17NO2S. The largest absolute Gasteiger partial charge is 0.444 e. The van der Waals surface area contributed by atoms with E-state index in [1.807, 2.05) is 44.5 Å². The minimum Gasteiger partial charge on any atom is -0.444 e. The third-order valence-corrected chi connectivity index (χ3v) is 2.48. The standard InChI is InChI=1S/C11H17NO2S/c1-8(9-5-6-15-7-9)12-10(13)14-11(2,3)4/h5-8H,1-4H3,(H,12,13). The molecule has 1 aromatic heterocycles. The van der Waals surface area contributed by atoms with E-state index >= 15 is 0 Å². The van der Waals surface area contributed by atoms with Gasteiger partial charge in [-0.15, -0.1) is 0 Å². The van der Waals surface area contributed by atoms with Gasteiger partial charge in [-0.3, -0.25) is 0 Å². The van der Waals surface area contributed by atoms with Crippen molar-refractivity contribution in [3.63, 3.8) is 0 Å². The first-order valence-corrected chi connectivity index (χ1v) is 5.84. The summed E-state index contributed by atoms with van der Waals surface area (Å²) in [6.45, 7) is 7.48. The van der Waals surface area contributed by atoms with E-state index in [0.717, 1.165) is 5.56 Å². The second-order valence-electron chi connectivity index (χ2n) is 4.42. The van der Waals surface area contributed by atoms with Gasteiger partial charge < -0.3 is 10.1 Å². The second kappa shape index (κ2) is 4.66. The summed E-state index contributed by atoms with van der Waals surface area (Å²) in [4.78, 5) is 11.4. The Morgan fingerprint density at radius 3 is 2.67 bits per heavy atom. The zero-order valence-corrected chi connectivity index (χ0v) is 10.4. The number of hydrogen-bond acceptors (Lipinski definition) is 3. The van der Waals surface area contributed by atoms with Crippen LogP contribution < -0.4 is 5.32 Å². The van der Waals surface area contributed by atoms with Gasteiger partial charge in [0.25, 0.3) is 0 Å². The van der Waals surface area contributed by atoms with Gasteiger partial charge in [-0.05, 0) is 50.1 Å². The van der Waals surface area contributed by atoms with Gasteiger partial charge in [0.2, 0.25) is 0 Å². The molecule has 1 heterocycles. The molecule has 0 saturated heterocycles. The quantitative estimate of drug-likeness (QED) is 0.841. The van der Waals surface area contributed by atoms with Crippen molar-refractivity contribution in [3.05, 3.63) is 22.4 Å². The fourth-order valence-electron chi connectivity index (χ4n) is 1.09. The molecule has 0 bridgehead atoms. The van der Waals surface area contributed by atoms with Crippen molar-refractivity contribution < 1.29 is 9.53 Å². The van der Waals surface area contributed by atoms with Crippen molar-refractivity contribution in [2.45, 2.75) is 39.3 Å². The van der Waals surface area contributed by atoms with Crippen molar-refractivity contribution in [3.8, 4) is 0 Å². The van der Waals surface area contributed by atoms with Crippen molar-refractivity contribution >= 4 is 17.4 Å². The Balaban J connectivity index is 2.45. The normalized spacial score (nSPS) is 13.3. The molecule has 1 unspecified atom stereocenters. The molecule has 1 amide bonds. The highest BCUT2D eigenvalue weighted by molar-refractivity contribution is 7.07. The minimum absolute atomic E-state index is 0.00824. The summed E-state index contributed by atoms with van der Waals surface area (Å²) in [5.74, 6) is 0. The van der Waals surface area contributed by atoms with Crippen LogP contribution in [-0.4, -0.2) is 11.7 Å². The van der Waals surface area contributed by atoms with Crippen LogP contribution in [0.5, 0.6) is 0 Å². The summed E-state index contributed by atoms with van der Waals surface area (Å²) >= 11 is 1.62. The lowest BCUT2D eigenvalue weighted by atomic mass is 10.2. The zero-order chi connectivity index (χ0) is 11.5. The molecule has 3 nitrogen and oxygen atoms in total. The number of ether oxygens (including phenoxy) is 1. The summed E-state index contributed by atoms with van der Waals surface area (Å²) in [5.41, 5.74) is 0.657. The first-order valence-electron chi connectivity index (χ1n) is 4.90. The first-order chi connectivity index (χ1) is 6.88. The van der Waals surface area contributed by atoms with Crippen LogP contribution in [-0.2, 0) is 4.74 Å². The van der Waals surface area contributed by atoms with E-state index < -0.39 is 5.60 Å². The van der Waals surface area contributed by atoms with Crippen molar-refractivity contribution in [2.75, 3.05) is 0 Å². The van der Waals surface area contributed by atoms with E-state index in [1.165, 1.54) is 0 Å². The third-order valence-electron chi connectivity index (χ3n) is 1.78. The lowest BCUT2D eigenvalue weighted by Gasteiger charge is -2.21. The van der Waals surface area contributed by atoms with Gasteiger partial charge in [-0.2, -0.15) is 11.3 Å². The fraction of sp³-hybridized carbons (Fsp3) is 0.545. The highest BCUT2D eigenvalue weighted by atomic mass is 32.1. The van der Waals surface area contributed by atoms with Gasteiger partial charge in [0.15, 0.2) is 0 Å². The Morgan fingerprint density at radius 1 is 1.53 bits per heavy atom. The van der Waals surface area contributed by atoms with Crippen LogP contribution in [0.15, 0.2) is 16.8 Å². The van der Waals surface area contributed by atoms with Gasteiger partial charge in [0.05, 0.1) is 6.04 Å². The smallest absolute Gasteiger partial charge is 0.408 e. The maximum Gasteiger partial charge on any atom is 0.408 e. The number of rotatable bonds is 2. The SMILES string of the molecule is CC(NC(=O)OC(C)(C)C)c1ccsc1. The number of alkyl carbamates (subject to hydrolysis) is 1. The number of carbonyl (C=O) groups is 1. The zero-order valence-electron chi connectivity index (χ0n) is 9.53. The Kier molecular flexibility index (Phi) is 3.74. The molecular weight excluding hydrogens is 210 g/mol. The average Bonchev–Trinajstić information content (AvgIpc) is 2.50. The van der Waals surface area contributed by atoms with Crippen LogP contribution >= 0.6 is 11.3 Å². The molecule has 0 aliphatic heterocycles. The monoisotopic (exact) mass is 227 g/mol. The number of nitrogens with one attached hydrogen (secondary N) is 1. The van der Waals surface area contributed by atoms with Crippen LogP contribution in [0.4, 0.5) is 4.79 Å². The Bertz CT molecular complexity index is 314. The molecule has 4 heteroatoms. The summed E-state index contributed by atoms with van der Waals surface area (Å²) in [7, 11) is 0. The lowest BCUT2D eigenvalue weighted by molar-refractivity contribution is 0.0508. The van der Waals surface area contributed by atoms with E-state index in [1.54, 1.807) is 11.3 Å². The van der Waals surface area contributed by atoms with Crippen molar-refractivity contribution in [2.24, 2.45) is 0 Å². The average molecular weight is 227 g/mol. The molecule has 0 aliphatic carbocycles. The molecule has 0 spiro atoms. The number of amides is 1. The third kappa shape index (κ3) is 4.34. The minimum atomic E-state index is -0.446. The van der Waals surface area contributed by atoms with Gasteiger partial charge in [-0.25, -0.2) is 4.79 Å². The van der Waals surface area contributed by atoms with Crippen LogP contribution in [0.3, 0.4) is 0 Å². The molecule has 15 heavy (non-hydrogen) atoms. The van der Waals surface area contributed by atoms with Gasteiger partial charge in [0.1, 0.15) is 5.60 Å². The molecule has 1 N–H and O–H groups in total. The molecule has 0 aromatic carbocycles. The van der Waals surface area contributed by atoms with Gasteiger partial charge in [0, 0.05) is 0 Å². The maximum absolute atomic E-state index is 11.4. The van der Waals surface area contributed by atoms with Crippen LogP contribution in [0.1, 0.15) is 39.3 Å². The van der Waals surface area contributed by atoms with Crippen LogP contribution in [0.25, 0.3) is 0 Å². The fourth-order valence-corrected chi connectivity index (χ4v) is 1.84. The highest BCUT2D eigenvalue weighted by Crippen LogP contribution is 2.16. The van der Waals surface area contributed by atoms with Crippen LogP contribution in [0, 0.1) is 0 Å². The van der Waals surface area contributed by atoms with E-state index in [0.29, 0.717) is 0 Å². The number of thiophene rings is 1. The summed E-state index contributed by atoms with van der Waals surface area (Å²) < 4.78 is 5.16. The molecule has 0 radical (unpaired) electrons. The Labute approximate surface area is 94.5 Å². The predicted molar refractivity (Wildman–Crippen MR) is 62.1 cm³/mol. The van der Waals surface area contributed by atoms with E-state index in [-0.39, 0.29) is 12.1 Å². The summed E-state index contributed by atoms with van der Waals surface area (Å²) in [5, 5.41) is 6.79. The molecule has 0 saturated carbocycles. The molecule has 1 atom stereocenters. The van der Waals surface area contributed by atoms with Crippen molar-refractivity contribution in [1.82, 2.24) is 5.32 Å². The number of hydrogen-bond donors (Lipinski definition) is 1. The molecule has 0 fully saturated rings. The summed E-state index contributed by atoms with van der Waals surface area (Å²) in [6.07, 6.45) is -0.374. The first kappa shape index (κ1) is 12.0. The second-order valence-corrected chi connectivity index (χ2v) is 5.20. The van der Waals surface area contributed by atoms with E-state index in [9.17, 15) is 4.79 Å². The molecule has 0 aliphatic rings. The Morgan fingerprint density at radius 2 is 2.20 bits per heavy atom.